The number of pyridine rings is 1. The summed E-state index contributed by atoms with van der Waals surface area (Å²) in [5, 5.41) is 11.2. The zero-order valence-electron chi connectivity index (χ0n) is 13.4. The number of benzene rings is 2. The Morgan fingerprint density at radius 2 is 1.96 bits per heavy atom. The Balaban J connectivity index is 1.99. The van der Waals surface area contributed by atoms with E-state index in [0.29, 0.717) is 12.2 Å². The Bertz CT molecular complexity index is 862. The molecule has 1 aromatic heterocycles. The van der Waals surface area contributed by atoms with Gasteiger partial charge in [0.05, 0.1) is 5.52 Å². The average molecular weight is 321 g/mol. The van der Waals surface area contributed by atoms with E-state index in [4.69, 9.17) is 5.73 Å². The first-order valence-corrected chi connectivity index (χ1v) is 7.69. The number of aliphatic hydroxyl groups excluding tert-OH is 1. The summed E-state index contributed by atoms with van der Waals surface area (Å²) in [5.74, 6) is -0.789. The molecular formula is C19H19N3O2. The number of aryl methyl sites for hydroxylation is 1. The number of hydrogen-bond acceptors (Lipinski definition) is 4. The minimum atomic E-state index is -1.41. The van der Waals surface area contributed by atoms with Crippen molar-refractivity contribution in [2.75, 3.05) is 4.90 Å². The molecule has 2 aromatic carbocycles. The molecule has 0 bridgehead atoms. The van der Waals surface area contributed by atoms with Gasteiger partial charge in [-0.15, -0.1) is 0 Å². The number of rotatable bonds is 5. The maximum absolute atomic E-state index is 11.5. The highest BCUT2D eigenvalue weighted by molar-refractivity contribution is 5.85. The van der Waals surface area contributed by atoms with Gasteiger partial charge >= 0.3 is 0 Å². The number of primary amides is 1. The lowest BCUT2D eigenvalue weighted by Crippen LogP contribution is -2.44. The first-order chi connectivity index (χ1) is 11.5. The Kier molecular flexibility index (Phi) is 4.44. The number of nitrogens with zero attached hydrogens (tertiary/aromatic N) is 2. The molecule has 1 heterocycles. The van der Waals surface area contributed by atoms with Gasteiger partial charge in [0, 0.05) is 23.8 Å². The lowest BCUT2D eigenvalue weighted by atomic mass is 10.1. The molecule has 1 amide bonds. The van der Waals surface area contributed by atoms with E-state index >= 15 is 0 Å². The van der Waals surface area contributed by atoms with Crippen molar-refractivity contribution in [3.8, 4) is 0 Å². The highest BCUT2D eigenvalue weighted by atomic mass is 16.3. The predicted molar refractivity (Wildman–Crippen MR) is 94.3 cm³/mol. The Morgan fingerprint density at radius 1 is 1.21 bits per heavy atom. The smallest absolute Gasteiger partial charge is 0.267 e. The molecule has 0 saturated carbocycles. The molecule has 3 aromatic rings. The van der Waals surface area contributed by atoms with E-state index in [9.17, 15) is 9.90 Å². The second-order valence-corrected chi connectivity index (χ2v) is 5.77. The molecule has 0 aliphatic rings. The Morgan fingerprint density at radius 3 is 2.67 bits per heavy atom. The van der Waals surface area contributed by atoms with Crippen molar-refractivity contribution < 1.29 is 9.90 Å². The first-order valence-electron chi connectivity index (χ1n) is 7.69. The van der Waals surface area contributed by atoms with Crippen molar-refractivity contribution in [2.24, 2.45) is 5.73 Å². The summed E-state index contributed by atoms with van der Waals surface area (Å²) in [4.78, 5) is 17.4. The van der Waals surface area contributed by atoms with E-state index in [0.717, 1.165) is 22.0 Å². The quantitative estimate of drug-likeness (QED) is 0.707. The standard InChI is InChI=1S/C19H19N3O2/c1-13-4-6-14(7-5-13)12-22(19(24)18(20)23)16-9-8-15-3-2-10-21-17(15)11-16/h2-11,19,24H,12H2,1H3,(H2,20,23). The highest BCUT2D eigenvalue weighted by Crippen LogP contribution is 2.24. The molecule has 0 saturated heterocycles. The fourth-order valence-corrected chi connectivity index (χ4v) is 2.60. The number of fused-ring (bicyclic) bond motifs is 1. The molecule has 0 radical (unpaired) electrons. The number of aromatic nitrogens is 1. The second kappa shape index (κ2) is 6.68. The van der Waals surface area contributed by atoms with Crippen molar-refractivity contribution >= 4 is 22.5 Å². The topological polar surface area (TPSA) is 79.4 Å². The molecule has 3 rings (SSSR count). The minimum Gasteiger partial charge on any atom is -0.366 e. The van der Waals surface area contributed by atoms with Crippen molar-refractivity contribution in [2.45, 2.75) is 19.7 Å². The van der Waals surface area contributed by atoms with Crippen molar-refractivity contribution in [1.29, 1.82) is 0 Å². The SMILES string of the molecule is Cc1ccc(CN(c2ccc3cccnc3c2)C(O)C(N)=O)cc1. The number of carbonyl (C=O) groups is 1. The van der Waals surface area contributed by atoms with Crippen LogP contribution in [0.5, 0.6) is 0 Å². The van der Waals surface area contributed by atoms with E-state index in [1.165, 1.54) is 0 Å². The number of anilines is 1. The van der Waals surface area contributed by atoms with Gasteiger partial charge in [-0.05, 0) is 30.7 Å². The second-order valence-electron chi connectivity index (χ2n) is 5.77. The van der Waals surface area contributed by atoms with Crippen LogP contribution in [0.3, 0.4) is 0 Å². The van der Waals surface area contributed by atoms with Gasteiger partial charge in [-0.2, -0.15) is 0 Å². The van der Waals surface area contributed by atoms with Crippen LogP contribution in [-0.4, -0.2) is 22.2 Å². The highest BCUT2D eigenvalue weighted by Gasteiger charge is 2.22. The largest absolute Gasteiger partial charge is 0.366 e. The molecular weight excluding hydrogens is 302 g/mol. The van der Waals surface area contributed by atoms with E-state index < -0.39 is 12.1 Å². The van der Waals surface area contributed by atoms with Crippen LogP contribution in [0.15, 0.2) is 60.8 Å². The fourth-order valence-electron chi connectivity index (χ4n) is 2.60. The summed E-state index contributed by atoms with van der Waals surface area (Å²) in [5.41, 5.74) is 8.92. The van der Waals surface area contributed by atoms with Crippen molar-refractivity contribution in [1.82, 2.24) is 4.98 Å². The molecule has 3 N–H and O–H groups in total. The van der Waals surface area contributed by atoms with Gasteiger partial charge in [0.15, 0.2) is 0 Å². The lowest BCUT2D eigenvalue weighted by molar-refractivity contribution is -0.126. The van der Waals surface area contributed by atoms with Crippen LogP contribution in [0.25, 0.3) is 10.9 Å². The molecule has 5 heteroatoms. The average Bonchev–Trinajstić information content (AvgIpc) is 2.60. The third kappa shape index (κ3) is 3.36. The number of aliphatic hydroxyl groups is 1. The third-order valence-corrected chi connectivity index (χ3v) is 3.94. The molecule has 0 spiro atoms. The van der Waals surface area contributed by atoms with E-state index in [2.05, 4.69) is 4.98 Å². The zero-order chi connectivity index (χ0) is 17.1. The monoisotopic (exact) mass is 321 g/mol. The molecule has 0 fully saturated rings. The third-order valence-electron chi connectivity index (χ3n) is 3.94. The van der Waals surface area contributed by atoms with Gasteiger partial charge in [-0.25, -0.2) is 0 Å². The van der Waals surface area contributed by atoms with Gasteiger partial charge in [0.2, 0.25) is 6.23 Å². The van der Waals surface area contributed by atoms with Crippen molar-refractivity contribution in [3.63, 3.8) is 0 Å². The van der Waals surface area contributed by atoms with Crippen LogP contribution in [0.1, 0.15) is 11.1 Å². The van der Waals surface area contributed by atoms with Crippen LogP contribution in [0.2, 0.25) is 0 Å². The lowest BCUT2D eigenvalue weighted by Gasteiger charge is -2.28. The maximum Gasteiger partial charge on any atom is 0.267 e. The maximum atomic E-state index is 11.5. The predicted octanol–water partition coefficient (Wildman–Crippen LogP) is 2.35. The van der Waals surface area contributed by atoms with E-state index in [1.54, 1.807) is 11.1 Å². The number of carbonyl (C=O) groups excluding carboxylic acids is 1. The molecule has 1 unspecified atom stereocenters. The summed E-state index contributed by atoms with van der Waals surface area (Å²) in [6.07, 6.45) is 0.300. The molecule has 122 valence electrons. The first kappa shape index (κ1) is 16.0. The summed E-state index contributed by atoms with van der Waals surface area (Å²) in [6, 6.07) is 17.3. The molecule has 5 nitrogen and oxygen atoms in total. The van der Waals surface area contributed by atoms with Gasteiger partial charge in [-0.3, -0.25) is 9.78 Å². The van der Waals surface area contributed by atoms with Gasteiger partial charge < -0.3 is 15.7 Å². The summed E-state index contributed by atoms with van der Waals surface area (Å²) >= 11 is 0. The number of amides is 1. The van der Waals surface area contributed by atoms with E-state index in [-0.39, 0.29) is 0 Å². The zero-order valence-corrected chi connectivity index (χ0v) is 13.4. The summed E-state index contributed by atoms with van der Waals surface area (Å²) in [6.45, 7) is 2.37. The fraction of sp³-hybridized carbons (Fsp3) is 0.158. The van der Waals surface area contributed by atoms with Crippen LogP contribution in [0, 0.1) is 6.92 Å². The minimum absolute atomic E-state index is 0.364. The van der Waals surface area contributed by atoms with Gasteiger partial charge in [0.1, 0.15) is 0 Å². The Hall–Kier alpha value is -2.92. The van der Waals surface area contributed by atoms with Gasteiger partial charge in [0.25, 0.3) is 5.91 Å². The van der Waals surface area contributed by atoms with E-state index in [1.807, 2.05) is 61.5 Å². The van der Waals surface area contributed by atoms with Crippen LogP contribution >= 0.6 is 0 Å². The Labute approximate surface area is 140 Å². The van der Waals surface area contributed by atoms with Gasteiger partial charge in [-0.1, -0.05) is 42.0 Å². The van der Waals surface area contributed by atoms with Crippen LogP contribution in [-0.2, 0) is 11.3 Å². The van der Waals surface area contributed by atoms with Crippen LogP contribution < -0.4 is 10.6 Å². The number of hydrogen-bond donors (Lipinski definition) is 2. The summed E-state index contributed by atoms with van der Waals surface area (Å²) in [7, 11) is 0. The molecule has 0 aliphatic heterocycles. The van der Waals surface area contributed by atoms with Crippen molar-refractivity contribution in [3.05, 3.63) is 71.9 Å². The van der Waals surface area contributed by atoms with Crippen LogP contribution in [0.4, 0.5) is 5.69 Å². The molecule has 1 atom stereocenters. The molecule has 24 heavy (non-hydrogen) atoms. The normalized spacial score (nSPS) is 12.1. The number of nitrogens with two attached hydrogens (primary N) is 1. The molecule has 0 aliphatic carbocycles. The summed E-state index contributed by atoms with van der Waals surface area (Å²) < 4.78 is 0.